The van der Waals surface area contributed by atoms with Gasteiger partial charge in [-0.3, -0.25) is 0 Å². The van der Waals surface area contributed by atoms with E-state index in [1.807, 2.05) is 0 Å². The number of aromatic nitrogens is 2. The lowest BCUT2D eigenvalue weighted by molar-refractivity contribution is 0.367. The number of anilines is 1. The van der Waals surface area contributed by atoms with Crippen molar-refractivity contribution in [3.05, 3.63) is 41.5 Å². The van der Waals surface area contributed by atoms with Gasteiger partial charge in [0.15, 0.2) is 0 Å². The zero-order valence-corrected chi connectivity index (χ0v) is 17.4. The molecule has 2 aromatic rings. The van der Waals surface area contributed by atoms with Crippen molar-refractivity contribution < 1.29 is 12.8 Å². The Balaban J connectivity index is 1.35. The average molecular weight is 425 g/mol. The van der Waals surface area contributed by atoms with Crippen LogP contribution in [0.2, 0.25) is 0 Å². The van der Waals surface area contributed by atoms with Crippen LogP contribution in [0, 0.1) is 5.82 Å². The molecule has 1 aromatic carbocycles. The molecule has 152 valence electrons. The maximum Gasteiger partial charge on any atom is 0.217 e. The maximum atomic E-state index is 13.0. The predicted molar refractivity (Wildman–Crippen MR) is 109 cm³/mol. The van der Waals surface area contributed by atoms with Crippen LogP contribution in [0.3, 0.4) is 0 Å². The second-order valence-corrected chi connectivity index (χ2v) is 10.4. The number of hydrogen-bond acceptors (Lipinski definition) is 6. The highest BCUT2D eigenvalue weighted by molar-refractivity contribution is 7.89. The Morgan fingerprint density at radius 3 is 2.39 bits per heavy atom. The van der Waals surface area contributed by atoms with Crippen molar-refractivity contribution in [1.29, 1.82) is 0 Å². The van der Waals surface area contributed by atoms with Gasteiger partial charge >= 0.3 is 0 Å². The fourth-order valence-electron chi connectivity index (χ4n) is 3.94. The lowest BCUT2D eigenvalue weighted by Crippen LogP contribution is -2.51. The van der Waals surface area contributed by atoms with Crippen molar-refractivity contribution in [3.63, 3.8) is 0 Å². The van der Waals surface area contributed by atoms with Crippen molar-refractivity contribution in [1.82, 2.24) is 13.7 Å². The number of hydrogen-bond donors (Lipinski definition) is 0. The van der Waals surface area contributed by atoms with E-state index in [1.165, 1.54) is 23.7 Å². The summed E-state index contributed by atoms with van der Waals surface area (Å²) in [7, 11) is -3.19. The predicted octanol–water partition coefficient (Wildman–Crippen LogP) is 3.05. The Morgan fingerprint density at radius 1 is 1.04 bits per heavy atom. The van der Waals surface area contributed by atoms with Gasteiger partial charge in [-0.2, -0.15) is 8.68 Å². The second kappa shape index (κ2) is 8.42. The summed E-state index contributed by atoms with van der Waals surface area (Å²) in [5, 5.41) is 0.628. The molecule has 1 saturated carbocycles. The van der Waals surface area contributed by atoms with E-state index in [0.717, 1.165) is 42.8 Å². The minimum absolute atomic E-state index is 0.198. The van der Waals surface area contributed by atoms with Gasteiger partial charge in [-0.25, -0.2) is 17.8 Å². The molecule has 1 aromatic heterocycles. The van der Waals surface area contributed by atoms with E-state index in [0.29, 0.717) is 38.4 Å². The van der Waals surface area contributed by atoms with Crippen molar-refractivity contribution >= 4 is 26.7 Å². The van der Waals surface area contributed by atoms with Crippen molar-refractivity contribution in [3.8, 4) is 0 Å². The van der Waals surface area contributed by atoms with E-state index in [9.17, 15) is 12.8 Å². The molecule has 2 heterocycles. The van der Waals surface area contributed by atoms with E-state index in [2.05, 4.69) is 14.3 Å². The summed E-state index contributed by atoms with van der Waals surface area (Å²) in [6.07, 6.45) is 5.35. The van der Waals surface area contributed by atoms with Crippen LogP contribution in [0.1, 0.15) is 43.5 Å². The monoisotopic (exact) mass is 424 g/mol. The number of rotatable bonds is 5. The summed E-state index contributed by atoms with van der Waals surface area (Å²) >= 11 is 1.34. The molecule has 1 aliphatic carbocycles. The van der Waals surface area contributed by atoms with E-state index in [-0.39, 0.29) is 11.1 Å². The maximum absolute atomic E-state index is 13.0. The molecule has 0 unspecified atom stereocenters. The lowest BCUT2D eigenvalue weighted by Gasteiger charge is -2.36. The Labute approximate surface area is 169 Å². The number of halogens is 1. The van der Waals surface area contributed by atoms with Gasteiger partial charge in [-0.05, 0) is 30.5 Å². The molecule has 0 amide bonds. The van der Waals surface area contributed by atoms with E-state index < -0.39 is 10.0 Å². The summed E-state index contributed by atoms with van der Waals surface area (Å²) in [6.45, 7) is 2.28. The number of sulfonamides is 1. The Kier molecular flexibility index (Phi) is 5.93. The highest BCUT2D eigenvalue weighted by Gasteiger charge is 2.35. The van der Waals surface area contributed by atoms with E-state index in [1.54, 1.807) is 16.4 Å². The van der Waals surface area contributed by atoms with E-state index >= 15 is 0 Å². The van der Waals surface area contributed by atoms with Crippen LogP contribution in [0.5, 0.6) is 0 Å². The Bertz CT molecular complexity index is 887. The van der Waals surface area contributed by atoms with Crippen molar-refractivity contribution in [2.45, 2.75) is 43.8 Å². The molecule has 2 aliphatic rings. The highest BCUT2D eigenvalue weighted by atomic mass is 32.2. The zero-order chi connectivity index (χ0) is 19.6. The highest BCUT2D eigenvalue weighted by Crippen LogP contribution is 2.28. The van der Waals surface area contributed by atoms with Crippen molar-refractivity contribution in [2.24, 2.45) is 0 Å². The van der Waals surface area contributed by atoms with Gasteiger partial charge in [-0.15, -0.1) is 0 Å². The molecule has 0 N–H and O–H groups in total. The Morgan fingerprint density at radius 2 is 1.71 bits per heavy atom. The van der Waals surface area contributed by atoms with Crippen LogP contribution in [-0.2, 0) is 16.4 Å². The summed E-state index contributed by atoms with van der Waals surface area (Å²) < 4.78 is 44.8. The van der Waals surface area contributed by atoms with Crippen LogP contribution < -0.4 is 4.90 Å². The molecule has 1 saturated heterocycles. The first kappa shape index (κ1) is 19.7. The standard InChI is InChI=1S/C19H25FN4O2S2/c20-16-8-6-15(7-9-16)14-18-21-19(27-22-18)23-10-12-24(13-11-23)28(25,26)17-4-2-1-3-5-17/h6-9,17H,1-5,10-14H2. The first-order chi connectivity index (χ1) is 13.5. The molecule has 0 radical (unpaired) electrons. The first-order valence-corrected chi connectivity index (χ1v) is 12.1. The molecule has 2 fully saturated rings. The van der Waals surface area contributed by atoms with Gasteiger partial charge in [0.2, 0.25) is 15.2 Å². The number of nitrogens with zero attached hydrogens (tertiary/aromatic N) is 4. The average Bonchev–Trinajstić information content (AvgIpc) is 3.19. The zero-order valence-electron chi connectivity index (χ0n) is 15.8. The third-order valence-corrected chi connectivity index (χ3v) is 8.79. The molecule has 6 nitrogen and oxygen atoms in total. The fraction of sp³-hybridized carbons (Fsp3) is 0.579. The van der Waals surface area contributed by atoms with E-state index in [4.69, 9.17) is 0 Å². The summed E-state index contributed by atoms with van der Waals surface area (Å²) in [5.74, 6) is 0.459. The van der Waals surface area contributed by atoms with Crippen LogP contribution in [0.15, 0.2) is 24.3 Å². The van der Waals surface area contributed by atoms with Gasteiger partial charge in [0, 0.05) is 44.1 Å². The smallest absolute Gasteiger partial charge is 0.217 e. The molecule has 9 heteroatoms. The lowest BCUT2D eigenvalue weighted by atomic mass is 10.0. The van der Waals surface area contributed by atoms with Gasteiger partial charge < -0.3 is 4.90 Å². The summed E-state index contributed by atoms with van der Waals surface area (Å²) in [4.78, 5) is 6.71. The minimum Gasteiger partial charge on any atom is -0.344 e. The molecule has 0 bridgehead atoms. The van der Waals surface area contributed by atoms with Crippen LogP contribution in [-0.4, -0.2) is 53.5 Å². The molecule has 0 spiro atoms. The number of benzene rings is 1. The van der Waals surface area contributed by atoms with Crippen LogP contribution in [0.4, 0.5) is 9.52 Å². The largest absolute Gasteiger partial charge is 0.344 e. The minimum atomic E-state index is -3.19. The second-order valence-electron chi connectivity index (χ2n) is 7.49. The van der Waals surface area contributed by atoms with Gasteiger partial charge in [0.05, 0.1) is 5.25 Å². The summed E-state index contributed by atoms with van der Waals surface area (Å²) in [6, 6.07) is 6.36. The normalized spacial score (nSPS) is 19.8. The summed E-state index contributed by atoms with van der Waals surface area (Å²) in [5.41, 5.74) is 0.967. The third-order valence-electron chi connectivity index (χ3n) is 5.58. The van der Waals surface area contributed by atoms with Crippen LogP contribution >= 0.6 is 11.5 Å². The van der Waals surface area contributed by atoms with Gasteiger partial charge in [0.25, 0.3) is 0 Å². The van der Waals surface area contributed by atoms with Gasteiger partial charge in [0.1, 0.15) is 11.6 Å². The van der Waals surface area contributed by atoms with Crippen LogP contribution in [0.25, 0.3) is 0 Å². The third kappa shape index (κ3) is 4.36. The van der Waals surface area contributed by atoms with Crippen molar-refractivity contribution in [2.75, 3.05) is 31.1 Å². The molecule has 4 rings (SSSR count). The Hall–Kier alpha value is -1.58. The fourth-order valence-corrected chi connectivity index (χ4v) is 6.70. The number of piperazine rings is 1. The molecular weight excluding hydrogens is 399 g/mol. The SMILES string of the molecule is O=S(=O)(C1CCCCC1)N1CCN(c2nc(Cc3ccc(F)cc3)ns2)CC1. The first-order valence-electron chi connectivity index (χ1n) is 9.83. The quantitative estimate of drug-likeness (QED) is 0.738. The molecule has 28 heavy (non-hydrogen) atoms. The molecule has 0 atom stereocenters. The molecule has 1 aliphatic heterocycles. The molecular formula is C19H25FN4O2S2. The van der Waals surface area contributed by atoms with Gasteiger partial charge in [-0.1, -0.05) is 31.4 Å². The topological polar surface area (TPSA) is 66.4 Å².